The number of aliphatic hydroxyl groups excluding tert-OH is 1. The van der Waals surface area contributed by atoms with Gasteiger partial charge in [0, 0.05) is 6.54 Å². The smallest absolute Gasteiger partial charge is 0.101 e. The maximum atomic E-state index is 9.98. The number of nitrogens with two attached hydrogens (primary N) is 1. The van der Waals surface area contributed by atoms with Crippen molar-refractivity contribution in [1.82, 2.24) is 5.32 Å². The maximum absolute atomic E-state index is 9.98. The van der Waals surface area contributed by atoms with Gasteiger partial charge in [-0.05, 0) is 30.7 Å². The number of nitrogens with one attached hydrogen (secondary N) is 1. The van der Waals surface area contributed by atoms with Crippen molar-refractivity contribution in [2.45, 2.75) is 25.9 Å². The number of hydrogen-bond donors (Lipinski definition) is 3. The van der Waals surface area contributed by atoms with Gasteiger partial charge in [-0.25, -0.2) is 0 Å². The van der Waals surface area contributed by atoms with Crippen molar-refractivity contribution in [3.05, 3.63) is 28.3 Å². The highest BCUT2D eigenvalue weighted by Crippen LogP contribution is 2.27. The van der Waals surface area contributed by atoms with Gasteiger partial charge in [0.25, 0.3) is 0 Å². The summed E-state index contributed by atoms with van der Waals surface area (Å²) in [6.07, 6.45) is 1.49. The van der Waals surface area contributed by atoms with Crippen LogP contribution in [0, 0.1) is 11.3 Å². The van der Waals surface area contributed by atoms with E-state index < -0.39 is 6.10 Å². The van der Waals surface area contributed by atoms with E-state index in [0.29, 0.717) is 22.7 Å². The Morgan fingerprint density at radius 1 is 1.56 bits per heavy atom. The third kappa shape index (κ3) is 3.88. The van der Waals surface area contributed by atoms with Crippen molar-refractivity contribution in [1.29, 1.82) is 5.26 Å². The van der Waals surface area contributed by atoms with Crippen molar-refractivity contribution in [3.63, 3.8) is 0 Å². The van der Waals surface area contributed by atoms with Gasteiger partial charge in [-0.2, -0.15) is 5.26 Å². The quantitative estimate of drug-likeness (QED) is 0.545. The molecule has 98 valence electrons. The Labute approximate surface area is 112 Å². The second kappa shape index (κ2) is 7.22. The molecule has 0 fully saturated rings. The number of hydrogen-bond acceptors (Lipinski definition) is 4. The van der Waals surface area contributed by atoms with Crippen LogP contribution in [0.25, 0.3) is 0 Å². The molecule has 0 aliphatic rings. The number of unbranched alkanes of at least 4 members (excludes halogenated alkanes) is 1. The summed E-state index contributed by atoms with van der Waals surface area (Å²) in [7, 11) is 0. The summed E-state index contributed by atoms with van der Waals surface area (Å²) < 4.78 is 0. The molecule has 0 heterocycles. The van der Waals surface area contributed by atoms with Crippen LogP contribution in [-0.2, 0) is 0 Å². The molecular weight excluding hydrogens is 250 g/mol. The van der Waals surface area contributed by atoms with Crippen LogP contribution in [0.15, 0.2) is 12.1 Å². The van der Waals surface area contributed by atoms with Gasteiger partial charge in [0.1, 0.15) is 6.07 Å². The lowest BCUT2D eigenvalue weighted by Crippen LogP contribution is -2.22. The van der Waals surface area contributed by atoms with E-state index in [1.54, 1.807) is 12.1 Å². The number of rotatable bonds is 6. The summed E-state index contributed by atoms with van der Waals surface area (Å²) in [6, 6.07) is 5.14. The molecule has 1 aromatic carbocycles. The normalized spacial score (nSPS) is 12.1. The molecule has 4 N–H and O–H groups in total. The lowest BCUT2D eigenvalue weighted by Gasteiger charge is -2.14. The molecule has 0 amide bonds. The van der Waals surface area contributed by atoms with Gasteiger partial charge in [0.15, 0.2) is 0 Å². The Hall–Kier alpha value is -1.28. The molecule has 4 nitrogen and oxygen atoms in total. The zero-order valence-corrected chi connectivity index (χ0v) is 11.2. The van der Waals surface area contributed by atoms with Crippen LogP contribution >= 0.6 is 11.6 Å². The van der Waals surface area contributed by atoms with Crippen molar-refractivity contribution in [3.8, 4) is 6.07 Å². The summed E-state index contributed by atoms with van der Waals surface area (Å²) in [5, 5.41) is 22.3. The molecule has 0 saturated heterocycles. The number of anilines is 1. The second-order valence-corrected chi connectivity index (χ2v) is 4.56. The number of halogens is 1. The Morgan fingerprint density at radius 3 is 2.89 bits per heavy atom. The lowest BCUT2D eigenvalue weighted by atomic mass is 10.0. The first-order chi connectivity index (χ1) is 8.60. The van der Waals surface area contributed by atoms with Crippen molar-refractivity contribution >= 4 is 17.3 Å². The minimum atomic E-state index is -0.688. The predicted octanol–water partition coefficient (Wildman–Crippen LogP) is 2.22. The van der Waals surface area contributed by atoms with E-state index in [0.717, 1.165) is 19.4 Å². The molecule has 1 atom stereocenters. The molecule has 1 rings (SSSR count). The van der Waals surface area contributed by atoms with E-state index in [2.05, 4.69) is 12.2 Å². The zero-order chi connectivity index (χ0) is 13.5. The van der Waals surface area contributed by atoms with Gasteiger partial charge in [-0.3, -0.25) is 0 Å². The first-order valence-electron chi connectivity index (χ1n) is 5.98. The fourth-order valence-electron chi connectivity index (χ4n) is 1.58. The minimum Gasteiger partial charge on any atom is -0.396 e. The second-order valence-electron chi connectivity index (χ2n) is 4.15. The van der Waals surface area contributed by atoms with Crippen LogP contribution in [0.4, 0.5) is 5.69 Å². The molecule has 18 heavy (non-hydrogen) atoms. The monoisotopic (exact) mass is 267 g/mol. The number of aliphatic hydroxyl groups is 1. The van der Waals surface area contributed by atoms with E-state index >= 15 is 0 Å². The van der Waals surface area contributed by atoms with Crippen LogP contribution in [0.2, 0.25) is 5.02 Å². The molecular formula is C13H18ClN3O. The summed E-state index contributed by atoms with van der Waals surface area (Å²) in [6.45, 7) is 3.41. The zero-order valence-electron chi connectivity index (χ0n) is 10.4. The average molecular weight is 268 g/mol. The fourth-order valence-corrected chi connectivity index (χ4v) is 1.81. The molecule has 0 saturated carbocycles. The summed E-state index contributed by atoms with van der Waals surface area (Å²) in [5.74, 6) is 0. The predicted molar refractivity (Wildman–Crippen MR) is 73.3 cm³/mol. The van der Waals surface area contributed by atoms with Crippen LogP contribution < -0.4 is 11.1 Å². The standard InChI is InChI=1S/C13H18ClN3O/c1-2-3-4-17-8-12(18)9-5-10(7-15)13(16)11(14)6-9/h5-6,12,17-18H,2-4,8,16H2,1H3. The molecule has 0 spiro atoms. The summed E-state index contributed by atoms with van der Waals surface area (Å²) in [5.41, 5.74) is 6.81. The third-order valence-electron chi connectivity index (χ3n) is 2.70. The minimum absolute atomic E-state index is 0.258. The molecule has 0 aromatic heterocycles. The molecule has 0 bridgehead atoms. The molecule has 5 heteroatoms. The summed E-state index contributed by atoms with van der Waals surface area (Å²) in [4.78, 5) is 0. The topological polar surface area (TPSA) is 82.1 Å². The highest BCUT2D eigenvalue weighted by atomic mass is 35.5. The van der Waals surface area contributed by atoms with Gasteiger partial charge < -0.3 is 16.2 Å². The molecule has 0 aliphatic carbocycles. The third-order valence-corrected chi connectivity index (χ3v) is 3.01. The molecule has 1 unspecified atom stereocenters. The number of nitrogen functional groups attached to an aromatic ring is 1. The van der Waals surface area contributed by atoms with Crippen LogP contribution in [0.5, 0.6) is 0 Å². The number of nitriles is 1. The largest absolute Gasteiger partial charge is 0.396 e. The van der Waals surface area contributed by atoms with Crippen LogP contribution in [0.3, 0.4) is 0 Å². The first-order valence-corrected chi connectivity index (χ1v) is 6.35. The highest BCUT2D eigenvalue weighted by Gasteiger charge is 2.12. The highest BCUT2D eigenvalue weighted by molar-refractivity contribution is 6.33. The number of benzene rings is 1. The summed E-state index contributed by atoms with van der Waals surface area (Å²) >= 11 is 5.92. The Balaban J connectivity index is 2.71. The van der Waals surface area contributed by atoms with Crippen molar-refractivity contribution in [2.24, 2.45) is 0 Å². The van der Waals surface area contributed by atoms with Crippen molar-refractivity contribution in [2.75, 3.05) is 18.8 Å². The SMILES string of the molecule is CCCCNCC(O)c1cc(Cl)c(N)c(C#N)c1. The van der Waals surface area contributed by atoms with E-state index in [1.807, 2.05) is 6.07 Å². The Bertz CT molecular complexity index is 443. The maximum Gasteiger partial charge on any atom is 0.101 e. The van der Waals surface area contributed by atoms with E-state index in [1.165, 1.54) is 0 Å². The van der Waals surface area contributed by atoms with Gasteiger partial charge in [0.2, 0.25) is 0 Å². The van der Waals surface area contributed by atoms with E-state index in [-0.39, 0.29) is 5.69 Å². The van der Waals surface area contributed by atoms with E-state index in [9.17, 15) is 5.11 Å². The van der Waals surface area contributed by atoms with Gasteiger partial charge in [-0.1, -0.05) is 24.9 Å². The van der Waals surface area contributed by atoms with Gasteiger partial charge in [-0.15, -0.1) is 0 Å². The van der Waals surface area contributed by atoms with Gasteiger partial charge >= 0.3 is 0 Å². The number of nitrogens with zero attached hydrogens (tertiary/aromatic N) is 1. The Morgan fingerprint density at radius 2 is 2.28 bits per heavy atom. The molecule has 0 aliphatic heterocycles. The molecule has 1 aromatic rings. The fraction of sp³-hybridized carbons (Fsp3) is 0.462. The first kappa shape index (κ1) is 14.8. The van der Waals surface area contributed by atoms with Crippen LogP contribution in [0.1, 0.15) is 37.0 Å². The molecule has 0 radical (unpaired) electrons. The lowest BCUT2D eigenvalue weighted by molar-refractivity contribution is 0.175. The van der Waals surface area contributed by atoms with Crippen molar-refractivity contribution < 1.29 is 5.11 Å². The van der Waals surface area contributed by atoms with Crippen LogP contribution in [-0.4, -0.2) is 18.2 Å². The Kier molecular flexibility index (Phi) is 5.93. The van der Waals surface area contributed by atoms with Gasteiger partial charge in [0.05, 0.1) is 22.4 Å². The van der Waals surface area contributed by atoms with E-state index in [4.69, 9.17) is 22.6 Å². The average Bonchev–Trinajstić information content (AvgIpc) is 2.37.